The van der Waals surface area contributed by atoms with Crippen LogP contribution in [0.3, 0.4) is 0 Å². The van der Waals surface area contributed by atoms with Crippen LogP contribution in [0.5, 0.6) is 0 Å². The number of anilines is 1. The Kier molecular flexibility index (Phi) is 6.63. The largest absolute Gasteiger partial charge is 0.467 e. The van der Waals surface area contributed by atoms with Crippen LogP contribution in [0, 0.1) is 6.92 Å². The monoisotopic (exact) mass is 485 g/mol. The minimum absolute atomic E-state index is 0.0531. The number of rotatable bonds is 8. The van der Waals surface area contributed by atoms with Crippen molar-refractivity contribution in [3.8, 4) is 0 Å². The molecule has 0 unspecified atom stereocenters. The highest BCUT2D eigenvalue weighted by Crippen LogP contribution is 2.39. The molecule has 2 atom stereocenters. The second-order valence-corrected chi connectivity index (χ2v) is 9.01. The molecule has 0 saturated carbocycles. The highest BCUT2D eigenvalue weighted by atomic mass is 32.1. The van der Waals surface area contributed by atoms with Gasteiger partial charge in [-0.15, -0.1) is 0 Å². The van der Waals surface area contributed by atoms with Gasteiger partial charge in [-0.25, -0.2) is 0 Å². The number of furan rings is 1. The zero-order valence-corrected chi connectivity index (χ0v) is 20.2. The fraction of sp³-hybridized carbons (Fsp3) is 0.222. The SMILES string of the molecule is Cc1ccc(NC(=O)CCN2C(=S)N[C@H](c3ccccn3)[C@H]2c2cccn2Cc2ccco2)cc1. The summed E-state index contributed by atoms with van der Waals surface area (Å²) in [6, 6.07) is 21.4. The van der Waals surface area contributed by atoms with Gasteiger partial charge >= 0.3 is 0 Å². The lowest BCUT2D eigenvalue weighted by Gasteiger charge is -2.28. The highest BCUT2D eigenvalue weighted by Gasteiger charge is 2.41. The Bertz CT molecular complexity index is 1280. The summed E-state index contributed by atoms with van der Waals surface area (Å²) in [5.41, 5.74) is 3.91. The lowest BCUT2D eigenvalue weighted by molar-refractivity contribution is -0.116. The van der Waals surface area contributed by atoms with Crippen molar-refractivity contribution in [3.63, 3.8) is 0 Å². The number of amides is 1. The topological polar surface area (TPSA) is 75.3 Å². The van der Waals surface area contributed by atoms with Crippen LogP contribution in [-0.4, -0.2) is 32.0 Å². The van der Waals surface area contributed by atoms with E-state index in [-0.39, 0.29) is 18.0 Å². The van der Waals surface area contributed by atoms with E-state index in [1.165, 1.54) is 0 Å². The second-order valence-electron chi connectivity index (χ2n) is 8.62. The summed E-state index contributed by atoms with van der Waals surface area (Å²) < 4.78 is 7.75. The number of pyridine rings is 1. The van der Waals surface area contributed by atoms with Crippen molar-refractivity contribution >= 4 is 28.9 Å². The fourth-order valence-electron chi connectivity index (χ4n) is 4.46. The highest BCUT2D eigenvalue weighted by molar-refractivity contribution is 7.80. The second kappa shape index (κ2) is 10.1. The standard InChI is InChI=1S/C27H27N5O2S/c1-19-9-11-20(12-10-19)29-24(33)13-16-32-26(25(30-27(32)35)22-7-2-3-14-28-22)23-8-4-15-31(23)18-21-6-5-17-34-21/h2-12,14-15,17,25-26H,13,16,18H2,1H3,(H,29,33)(H,30,35)/t25-,26-/m1/s1. The molecule has 1 aromatic carbocycles. The Morgan fingerprint density at radius 2 is 1.97 bits per heavy atom. The van der Waals surface area contributed by atoms with Crippen LogP contribution >= 0.6 is 12.2 Å². The molecule has 1 aliphatic heterocycles. The minimum atomic E-state index is -0.144. The number of hydrogen-bond acceptors (Lipinski definition) is 4. The summed E-state index contributed by atoms with van der Waals surface area (Å²) in [4.78, 5) is 19.4. The molecule has 0 aliphatic carbocycles. The molecule has 1 amide bonds. The lowest BCUT2D eigenvalue weighted by Crippen LogP contribution is -2.33. The van der Waals surface area contributed by atoms with Gasteiger partial charge in [0.25, 0.3) is 0 Å². The van der Waals surface area contributed by atoms with E-state index in [9.17, 15) is 4.79 Å². The Morgan fingerprint density at radius 1 is 1.11 bits per heavy atom. The van der Waals surface area contributed by atoms with Crippen LogP contribution in [-0.2, 0) is 11.3 Å². The zero-order valence-electron chi connectivity index (χ0n) is 19.4. The van der Waals surface area contributed by atoms with Crippen molar-refractivity contribution in [2.45, 2.75) is 32.0 Å². The van der Waals surface area contributed by atoms with E-state index in [4.69, 9.17) is 16.6 Å². The van der Waals surface area contributed by atoms with Gasteiger partial charge in [0.15, 0.2) is 5.11 Å². The number of benzene rings is 1. The Labute approximate surface area is 209 Å². The summed E-state index contributed by atoms with van der Waals surface area (Å²) in [7, 11) is 0. The predicted octanol–water partition coefficient (Wildman–Crippen LogP) is 4.83. The molecule has 178 valence electrons. The van der Waals surface area contributed by atoms with E-state index in [1.54, 1.807) is 12.5 Å². The van der Waals surface area contributed by atoms with Crippen LogP contribution in [0.4, 0.5) is 5.69 Å². The molecule has 0 bridgehead atoms. The number of thiocarbonyl (C=S) groups is 1. The molecule has 1 saturated heterocycles. The van der Waals surface area contributed by atoms with Gasteiger partial charge in [0.1, 0.15) is 5.76 Å². The number of nitrogens with zero attached hydrogens (tertiary/aromatic N) is 3. The van der Waals surface area contributed by atoms with Gasteiger partial charge in [-0.2, -0.15) is 0 Å². The number of hydrogen-bond donors (Lipinski definition) is 2. The van der Waals surface area contributed by atoms with E-state index >= 15 is 0 Å². The average molecular weight is 486 g/mol. The lowest BCUT2D eigenvalue weighted by atomic mass is 10.0. The minimum Gasteiger partial charge on any atom is -0.467 e. The molecule has 1 fully saturated rings. The van der Waals surface area contributed by atoms with Crippen molar-refractivity contribution in [1.29, 1.82) is 0 Å². The van der Waals surface area contributed by atoms with Gasteiger partial charge < -0.3 is 24.5 Å². The predicted molar refractivity (Wildman–Crippen MR) is 139 cm³/mol. The molecular weight excluding hydrogens is 458 g/mol. The third kappa shape index (κ3) is 5.12. The molecule has 35 heavy (non-hydrogen) atoms. The first kappa shape index (κ1) is 22.9. The maximum Gasteiger partial charge on any atom is 0.226 e. The van der Waals surface area contributed by atoms with Gasteiger partial charge in [-0.1, -0.05) is 23.8 Å². The Hall–Kier alpha value is -3.91. The van der Waals surface area contributed by atoms with E-state index in [2.05, 4.69) is 31.2 Å². The molecule has 0 spiro atoms. The van der Waals surface area contributed by atoms with Crippen LogP contribution in [0.15, 0.2) is 89.8 Å². The summed E-state index contributed by atoms with van der Waals surface area (Å²) in [6.45, 7) is 3.10. The average Bonchev–Trinajstić information content (AvgIpc) is 3.61. The van der Waals surface area contributed by atoms with Crippen LogP contribution in [0.1, 0.15) is 41.2 Å². The number of aromatic nitrogens is 2. The molecule has 3 aromatic heterocycles. The maximum absolute atomic E-state index is 12.8. The molecule has 1 aliphatic rings. The van der Waals surface area contributed by atoms with Crippen molar-refractivity contribution < 1.29 is 9.21 Å². The van der Waals surface area contributed by atoms with Crippen molar-refractivity contribution in [3.05, 3.63) is 108 Å². The Balaban J connectivity index is 1.39. The molecule has 4 heterocycles. The quantitative estimate of drug-likeness (QED) is 0.348. The van der Waals surface area contributed by atoms with Gasteiger partial charge in [-0.05, 0) is 67.7 Å². The summed E-state index contributed by atoms with van der Waals surface area (Å²) in [6.07, 6.45) is 5.81. The fourth-order valence-corrected chi connectivity index (χ4v) is 4.79. The molecule has 8 heteroatoms. The number of nitrogens with one attached hydrogen (secondary N) is 2. The number of carbonyl (C=O) groups excluding carboxylic acids is 1. The molecule has 2 N–H and O–H groups in total. The summed E-state index contributed by atoms with van der Waals surface area (Å²) in [5.74, 6) is 0.817. The Morgan fingerprint density at radius 3 is 2.71 bits per heavy atom. The maximum atomic E-state index is 12.8. The van der Waals surface area contributed by atoms with E-state index in [0.717, 1.165) is 28.4 Å². The van der Waals surface area contributed by atoms with Gasteiger partial charge in [0.05, 0.1) is 30.6 Å². The summed E-state index contributed by atoms with van der Waals surface area (Å²) >= 11 is 5.75. The normalized spacial score (nSPS) is 17.4. The van der Waals surface area contributed by atoms with Gasteiger partial charge in [-0.3, -0.25) is 9.78 Å². The third-order valence-electron chi connectivity index (χ3n) is 6.19. The number of carbonyl (C=O) groups is 1. The molecule has 7 nitrogen and oxygen atoms in total. The van der Waals surface area contributed by atoms with E-state index in [1.807, 2.05) is 73.8 Å². The zero-order chi connectivity index (χ0) is 24.2. The smallest absolute Gasteiger partial charge is 0.226 e. The van der Waals surface area contributed by atoms with Crippen molar-refractivity contribution in [1.82, 2.24) is 19.8 Å². The first-order valence-corrected chi connectivity index (χ1v) is 12.0. The van der Waals surface area contributed by atoms with E-state index < -0.39 is 0 Å². The molecular formula is C27H27N5O2S. The van der Waals surface area contributed by atoms with Gasteiger partial charge in [0.2, 0.25) is 5.91 Å². The van der Waals surface area contributed by atoms with Crippen molar-refractivity contribution in [2.24, 2.45) is 0 Å². The van der Waals surface area contributed by atoms with Crippen LogP contribution < -0.4 is 10.6 Å². The summed E-state index contributed by atoms with van der Waals surface area (Å²) in [5, 5.41) is 7.04. The van der Waals surface area contributed by atoms with Crippen molar-refractivity contribution in [2.75, 3.05) is 11.9 Å². The molecule has 0 radical (unpaired) electrons. The van der Waals surface area contributed by atoms with Crippen LogP contribution in [0.25, 0.3) is 0 Å². The van der Waals surface area contributed by atoms with E-state index in [0.29, 0.717) is 24.6 Å². The number of aryl methyl sites for hydroxylation is 1. The third-order valence-corrected chi connectivity index (χ3v) is 6.54. The first-order valence-electron chi connectivity index (χ1n) is 11.6. The molecule has 4 aromatic rings. The first-order chi connectivity index (χ1) is 17.1. The molecule has 5 rings (SSSR count). The van der Waals surface area contributed by atoms with Gasteiger partial charge in [0, 0.05) is 36.7 Å². The van der Waals surface area contributed by atoms with Crippen LogP contribution in [0.2, 0.25) is 0 Å².